The number of aromatic nitrogens is 4. The highest BCUT2D eigenvalue weighted by atomic mass is 32.1. The number of nitrogens with one attached hydrogen (secondary N) is 1. The smallest absolute Gasteiger partial charge is 0.475 e. The van der Waals surface area contributed by atoms with E-state index in [1.165, 1.54) is 6.42 Å². The van der Waals surface area contributed by atoms with Crippen molar-refractivity contribution in [2.45, 2.75) is 31.5 Å². The van der Waals surface area contributed by atoms with Crippen molar-refractivity contribution in [1.29, 1.82) is 0 Å². The molecule has 4 heterocycles. The number of halogens is 3. The fraction of sp³-hybridized carbons (Fsp3) is 0.588. The zero-order valence-corrected chi connectivity index (χ0v) is 16.9. The summed E-state index contributed by atoms with van der Waals surface area (Å²) in [5.41, 5.74) is 0.0271. The molecule has 2 N–H and O–H groups in total. The van der Waals surface area contributed by atoms with Crippen LogP contribution in [0.3, 0.4) is 0 Å². The molecule has 164 valence electrons. The fourth-order valence-corrected chi connectivity index (χ4v) is 3.84. The second kappa shape index (κ2) is 9.08. The Bertz CT molecular complexity index is 835. The minimum atomic E-state index is -5.08. The van der Waals surface area contributed by atoms with E-state index in [0.29, 0.717) is 11.9 Å². The van der Waals surface area contributed by atoms with Crippen molar-refractivity contribution in [3.63, 3.8) is 0 Å². The number of nitrogens with zero attached hydrogens (tertiary/aromatic N) is 5. The van der Waals surface area contributed by atoms with Crippen LogP contribution in [0, 0.1) is 12.8 Å². The molecule has 0 amide bonds. The van der Waals surface area contributed by atoms with Crippen LogP contribution in [0.1, 0.15) is 17.8 Å². The Hall–Kier alpha value is -2.54. The molecule has 1 spiro atoms. The quantitative estimate of drug-likeness (QED) is 0.731. The lowest BCUT2D eigenvalue weighted by Crippen LogP contribution is -2.65. The lowest BCUT2D eigenvalue weighted by Gasteiger charge is -2.52. The van der Waals surface area contributed by atoms with E-state index in [0.717, 1.165) is 42.8 Å². The molecule has 0 bridgehead atoms. The van der Waals surface area contributed by atoms with Crippen molar-refractivity contribution in [3.05, 3.63) is 23.5 Å². The van der Waals surface area contributed by atoms with E-state index in [4.69, 9.17) is 14.6 Å². The molecule has 0 radical (unpaired) electrons. The van der Waals surface area contributed by atoms with Crippen molar-refractivity contribution >= 4 is 28.4 Å². The number of hydrogen-bond donors (Lipinski definition) is 2. The molecule has 2 saturated heterocycles. The maximum absolute atomic E-state index is 10.6. The van der Waals surface area contributed by atoms with Crippen LogP contribution in [0.5, 0.6) is 0 Å². The number of hydrogen-bond acceptors (Lipinski definition) is 9. The topological polar surface area (TPSA) is 113 Å². The zero-order chi connectivity index (χ0) is 21.8. The van der Waals surface area contributed by atoms with Crippen LogP contribution in [0.2, 0.25) is 0 Å². The van der Waals surface area contributed by atoms with Gasteiger partial charge < -0.3 is 20.1 Å². The van der Waals surface area contributed by atoms with Gasteiger partial charge in [-0.05, 0) is 31.7 Å². The molecule has 1 unspecified atom stereocenters. The summed E-state index contributed by atoms with van der Waals surface area (Å²) in [4.78, 5) is 19.5. The molecular weight excluding hydrogens is 425 g/mol. The normalized spacial score (nSPS) is 20.1. The maximum atomic E-state index is 10.6. The van der Waals surface area contributed by atoms with E-state index in [1.54, 1.807) is 23.7 Å². The first kappa shape index (κ1) is 22.2. The van der Waals surface area contributed by atoms with Crippen molar-refractivity contribution in [2.24, 2.45) is 5.92 Å². The van der Waals surface area contributed by atoms with Crippen LogP contribution < -0.4 is 10.2 Å². The molecule has 0 aliphatic carbocycles. The van der Waals surface area contributed by atoms with Gasteiger partial charge in [-0.1, -0.05) is 11.3 Å². The number of aliphatic carboxylic acids is 1. The van der Waals surface area contributed by atoms with Gasteiger partial charge in [0.25, 0.3) is 0 Å². The van der Waals surface area contributed by atoms with E-state index < -0.39 is 12.1 Å². The first-order chi connectivity index (χ1) is 14.2. The Morgan fingerprint density at radius 3 is 2.53 bits per heavy atom. The van der Waals surface area contributed by atoms with Crippen LogP contribution >= 0.6 is 11.3 Å². The van der Waals surface area contributed by atoms with Gasteiger partial charge in [0.1, 0.15) is 10.6 Å². The molecule has 0 aromatic carbocycles. The van der Waals surface area contributed by atoms with Gasteiger partial charge in [-0.3, -0.25) is 0 Å². The number of carboxylic acid groups (broad SMARTS) is 1. The van der Waals surface area contributed by atoms with Gasteiger partial charge in [0.05, 0.1) is 19.7 Å². The van der Waals surface area contributed by atoms with Gasteiger partial charge in [0, 0.05) is 18.9 Å². The summed E-state index contributed by atoms with van der Waals surface area (Å²) in [6.45, 7) is 5.51. The minimum absolute atomic E-state index is 0.0271. The molecular formula is C17H21F3N6O3S. The lowest BCUT2D eigenvalue weighted by molar-refractivity contribution is -0.192. The van der Waals surface area contributed by atoms with E-state index in [9.17, 15) is 13.2 Å². The van der Waals surface area contributed by atoms with Gasteiger partial charge in [0.15, 0.2) is 0 Å². The third-order valence-corrected chi connectivity index (χ3v) is 5.63. The molecule has 2 aromatic rings. The lowest BCUT2D eigenvalue weighted by atomic mass is 9.83. The van der Waals surface area contributed by atoms with Crippen LogP contribution in [0.4, 0.5) is 24.3 Å². The second-order valence-electron chi connectivity index (χ2n) is 7.11. The van der Waals surface area contributed by atoms with Gasteiger partial charge in [-0.25, -0.2) is 14.8 Å². The highest BCUT2D eigenvalue weighted by Crippen LogP contribution is 2.39. The number of ether oxygens (including phenoxy) is 1. The number of aryl methyl sites for hydroxylation is 1. The van der Waals surface area contributed by atoms with Crippen LogP contribution in [-0.2, 0) is 9.53 Å². The van der Waals surface area contributed by atoms with Gasteiger partial charge in [-0.15, -0.1) is 10.2 Å². The van der Waals surface area contributed by atoms with E-state index in [1.807, 2.05) is 13.0 Å². The first-order valence-electron chi connectivity index (χ1n) is 9.17. The number of alkyl halides is 3. The molecule has 9 nitrogen and oxygen atoms in total. The predicted molar refractivity (Wildman–Crippen MR) is 102 cm³/mol. The summed E-state index contributed by atoms with van der Waals surface area (Å²) in [5, 5.41) is 20.7. The third kappa shape index (κ3) is 5.75. The number of carboxylic acids is 1. The monoisotopic (exact) mass is 446 g/mol. The molecule has 2 aromatic heterocycles. The van der Waals surface area contributed by atoms with E-state index in [-0.39, 0.29) is 5.60 Å². The van der Waals surface area contributed by atoms with Crippen molar-refractivity contribution in [1.82, 2.24) is 20.2 Å². The number of rotatable bonds is 4. The van der Waals surface area contributed by atoms with Crippen LogP contribution in [0.15, 0.2) is 18.5 Å². The largest absolute Gasteiger partial charge is 0.490 e. The number of carbonyl (C=O) groups is 1. The van der Waals surface area contributed by atoms with Gasteiger partial charge in [0.2, 0.25) is 11.1 Å². The van der Waals surface area contributed by atoms with Crippen molar-refractivity contribution in [2.75, 3.05) is 36.5 Å². The SMILES string of the molecule is Cc1nnc(N2CC3(CCC(CNc4ncccn4)CO3)C2)s1.O=C(O)C(F)(F)F. The van der Waals surface area contributed by atoms with Gasteiger partial charge in [-0.2, -0.15) is 13.2 Å². The second-order valence-corrected chi connectivity index (χ2v) is 8.27. The summed E-state index contributed by atoms with van der Waals surface area (Å²) in [6, 6.07) is 1.82. The molecule has 13 heteroatoms. The van der Waals surface area contributed by atoms with Gasteiger partial charge >= 0.3 is 12.1 Å². The average Bonchev–Trinajstić information content (AvgIpc) is 3.11. The summed E-state index contributed by atoms with van der Waals surface area (Å²) >= 11 is 1.65. The highest BCUT2D eigenvalue weighted by Gasteiger charge is 2.47. The Kier molecular flexibility index (Phi) is 6.71. The summed E-state index contributed by atoms with van der Waals surface area (Å²) in [7, 11) is 0. The molecule has 1 atom stereocenters. The fourth-order valence-electron chi connectivity index (χ4n) is 3.15. The van der Waals surface area contributed by atoms with E-state index >= 15 is 0 Å². The standard InChI is InChI=1S/C15H20N6OS.C2HF3O2/c1-11-19-20-14(23-11)21-9-15(10-21)4-3-12(8-22-15)7-18-13-16-5-2-6-17-13;3-2(4,5)1(6)7/h2,5-6,12H,3-4,7-10H2,1H3,(H,16,17,18);(H,6,7). The number of anilines is 2. The van der Waals surface area contributed by atoms with Crippen LogP contribution in [0.25, 0.3) is 0 Å². The van der Waals surface area contributed by atoms with Crippen LogP contribution in [-0.4, -0.2) is 69.3 Å². The predicted octanol–water partition coefficient (Wildman–Crippen LogP) is 2.37. The van der Waals surface area contributed by atoms with E-state index in [2.05, 4.69) is 30.4 Å². The molecule has 2 aliphatic rings. The molecule has 2 fully saturated rings. The summed E-state index contributed by atoms with van der Waals surface area (Å²) in [5.74, 6) is -1.55. The molecule has 30 heavy (non-hydrogen) atoms. The zero-order valence-electron chi connectivity index (χ0n) is 16.1. The highest BCUT2D eigenvalue weighted by molar-refractivity contribution is 7.15. The summed E-state index contributed by atoms with van der Waals surface area (Å²) < 4.78 is 37.9. The van der Waals surface area contributed by atoms with Crippen molar-refractivity contribution in [3.8, 4) is 0 Å². The maximum Gasteiger partial charge on any atom is 0.490 e. The first-order valence-corrected chi connectivity index (χ1v) is 9.98. The Labute approximate surface area is 174 Å². The summed E-state index contributed by atoms with van der Waals surface area (Å²) in [6.07, 6.45) is 0.686. The Morgan fingerprint density at radius 2 is 2.03 bits per heavy atom. The van der Waals surface area contributed by atoms with Crippen molar-refractivity contribution < 1.29 is 27.8 Å². The molecule has 4 rings (SSSR count). The molecule has 2 aliphatic heterocycles. The Balaban J connectivity index is 0.000000318. The Morgan fingerprint density at radius 1 is 1.37 bits per heavy atom. The third-order valence-electron chi connectivity index (χ3n) is 4.73. The minimum Gasteiger partial charge on any atom is -0.475 e. The average molecular weight is 446 g/mol. The molecule has 0 saturated carbocycles.